The molecule has 4 aromatic rings. The Morgan fingerprint density at radius 1 is 1.13 bits per heavy atom. The smallest absolute Gasteiger partial charge is 0.261 e. The first-order valence-electron chi connectivity index (χ1n) is 9.33. The van der Waals surface area contributed by atoms with Crippen LogP contribution in [0.3, 0.4) is 0 Å². The van der Waals surface area contributed by atoms with Crippen LogP contribution in [0.2, 0.25) is 0 Å². The predicted molar refractivity (Wildman–Crippen MR) is 114 cm³/mol. The molecule has 0 saturated heterocycles. The fraction of sp³-hybridized carbons (Fsp3) is 0.130. The average molecular weight is 442 g/mol. The molecule has 4 rings (SSSR count). The molecular formula is C23H17F3N2O2S. The van der Waals surface area contributed by atoms with E-state index in [1.54, 1.807) is 37.3 Å². The number of rotatable bonds is 5. The van der Waals surface area contributed by atoms with Crippen molar-refractivity contribution < 1.29 is 22.7 Å². The van der Waals surface area contributed by atoms with Crippen LogP contribution in [-0.4, -0.2) is 18.0 Å². The number of carbonyl (C=O) groups is 1. The van der Waals surface area contributed by atoms with Crippen LogP contribution in [0.25, 0.3) is 21.2 Å². The van der Waals surface area contributed by atoms with Gasteiger partial charge in [-0.05, 0) is 54.4 Å². The first-order valence-corrected chi connectivity index (χ1v) is 10.2. The highest BCUT2D eigenvalue weighted by molar-refractivity contribution is 7.21. The standard InChI is InChI=1S/C23H17F3N2O2S/c1-12-19-16(24)6-7-17(25)21(19)31-20(12)23(29)28-11-14-10-13(5-8-18(14)30-2)15-4-3-9-27-22(15)26/h3-10H,11H2,1-2H3,(H,28,29). The zero-order chi connectivity index (χ0) is 22.1. The maximum Gasteiger partial charge on any atom is 0.261 e. The number of carbonyl (C=O) groups excluding carboxylic acids is 1. The molecule has 0 radical (unpaired) electrons. The fourth-order valence-corrected chi connectivity index (χ4v) is 4.57. The van der Waals surface area contributed by atoms with Gasteiger partial charge in [0.1, 0.15) is 17.4 Å². The molecule has 0 aliphatic carbocycles. The zero-order valence-electron chi connectivity index (χ0n) is 16.6. The number of nitrogens with one attached hydrogen (secondary N) is 1. The number of hydrogen-bond acceptors (Lipinski definition) is 4. The van der Waals surface area contributed by atoms with Crippen molar-refractivity contribution in [3.63, 3.8) is 0 Å². The summed E-state index contributed by atoms with van der Waals surface area (Å²) in [5, 5.41) is 2.87. The summed E-state index contributed by atoms with van der Waals surface area (Å²) in [6, 6.07) is 10.4. The Morgan fingerprint density at radius 2 is 1.90 bits per heavy atom. The Bertz CT molecular complexity index is 1300. The van der Waals surface area contributed by atoms with Crippen molar-refractivity contribution in [2.75, 3.05) is 7.11 Å². The van der Waals surface area contributed by atoms with Crippen molar-refractivity contribution >= 4 is 27.3 Å². The molecular weight excluding hydrogens is 425 g/mol. The lowest BCUT2D eigenvalue weighted by Gasteiger charge is -2.12. The maximum atomic E-state index is 14.1. The monoisotopic (exact) mass is 442 g/mol. The van der Waals surface area contributed by atoms with E-state index in [1.165, 1.54) is 13.3 Å². The van der Waals surface area contributed by atoms with E-state index in [0.29, 0.717) is 28.0 Å². The Hall–Kier alpha value is -3.39. The van der Waals surface area contributed by atoms with E-state index in [9.17, 15) is 18.0 Å². The molecule has 0 aliphatic heterocycles. The summed E-state index contributed by atoms with van der Waals surface area (Å²) in [4.78, 5) is 16.7. The van der Waals surface area contributed by atoms with Crippen molar-refractivity contribution in [2.45, 2.75) is 13.5 Å². The third-order valence-corrected chi connectivity index (χ3v) is 6.27. The zero-order valence-corrected chi connectivity index (χ0v) is 17.4. The molecule has 2 aromatic carbocycles. The SMILES string of the molecule is COc1ccc(-c2cccnc2F)cc1CNC(=O)c1sc2c(F)ccc(F)c2c1C. The van der Waals surface area contributed by atoms with Gasteiger partial charge < -0.3 is 10.1 Å². The number of ether oxygens (including phenoxy) is 1. The topological polar surface area (TPSA) is 51.2 Å². The van der Waals surface area contributed by atoms with E-state index >= 15 is 0 Å². The van der Waals surface area contributed by atoms with E-state index in [4.69, 9.17) is 4.74 Å². The Kier molecular flexibility index (Phi) is 5.65. The Balaban J connectivity index is 1.63. The molecule has 158 valence electrons. The number of fused-ring (bicyclic) bond motifs is 1. The highest BCUT2D eigenvalue weighted by Crippen LogP contribution is 2.35. The molecule has 4 nitrogen and oxygen atoms in total. The number of pyridine rings is 1. The molecule has 0 spiro atoms. The molecule has 0 unspecified atom stereocenters. The molecule has 1 N–H and O–H groups in total. The quantitative estimate of drug-likeness (QED) is 0.408. The van der Waals surface area contributed by atoms with Gasteiger partial charge in [-0.15, -0.1) is 11.3 Å². The molecule has 0 aliphatic rings. The van der Waals surface area contributed by atoms with Gasteiger partial charge in [0.15, 0.2) is 0 Å². The van der Waals surface area contributed by atoms with E-state index < -0.39 is 23.5 Å². The summed E-state index contributed by atoms with van der Waals surface area (Å²) in [5.41, 5.74) is 1.90. The number of aromatic nitrogens is 1. The van der Waals surface area contributed by atoms with Crippen molar-refractivity contribution in [1.82, 2.24) is 10.3 Å². The van der Waals surface area contributed by atoms with Gasteiger partial charge in [-0.3, -0.25) is 4.79 Å². The van der Waals surface area contributed by atoms with Crippen LogP contribution >= 0.6 is 11.3 Å². The molecule has 1 amide bonds. The lowest BCUT2D eigenvalue weighted by molar-refractivity contribution is 0.0954. The highest BCUT2D eigenvalue weighted by Gasteiger charge is 2.20. The average Bonchev–Trinajstić information content (AvgIpc) is 3.13. The number of methoxy groups -OCH3 is 1. The van der Waals surface area contributed by atoms with Gasteiger partial charge in [0.05, 0.1) is 16.7 Å². The van der Waals surface area contributed by atoms with Gasteiger partial charge in [0, 0.05) is 29.3 Å². The number of thiophene rings is 1. The van der Waals surface area contributed by atoms with Crippen molar-refractivity contribution in [3.05, 3.63) is 82.2 Å². The Morgan fingerprint density at radius 3 is 2.61 bits per heavy atom. The fourth-order valence-electron chi connectivity index (χ4n) is 3.43. The van der Waals surface area contributed by atoms with Crippen LogP contribution < -0.4 is 10.1 Å². The second kappa shape index (κ2) is 8.39. The summed E-state index contributed by atoms with van der Waals surface area (Å²) < 4.78 is 47.7. The molecule has 8 heteroatoms. The number of hydrogen-bond donors (Lipinski definition) is 1. The summed E-state index contributed by atoms with van der Waals surface area (Å²) in [6.07, 6.45) is 1.36. The number of halogens is 3. The second-order valence-electron chi connectivity index (χ2n) is 6.84. The lowest BCUT2D eigenvalue weighted by atomic mass is 10.0. The van der Waals surface area contributed by atoms with E-state index in [2.05, 4.69) is 10.3 Å². The summed E-state index contributed by atoms with van der Waals surface area (Å²) >= 11 is 0.904. The minimum absolute atomic E-state index is 0.0797. The van der Waals surface area contributed by atoms with Gasteiger partial charge >= 0.3 is 0 Å². The van der Waals surface area contributed by atoms with Gasteiger partial charge in [-0.2, -0.15) is 4.39 Å². The first kappa shape index (κ1) is 20.9. The van der Waals surface area contributed by atoms with Crippen LogP contribution in [0.4, 0.5) is 13.2 Å². The van der Waals surface area contributed by atoms with Crippen molar-refractivity contribution in [3.8, 4) is 16.9 Å². The van der Waals surface area contributed by atoms with Gasteiger partial charge in [0.2, 0.25) is 5.95 Å². The largest absolute Gasteiger partial charge is 0.496 e. The second-order valence-corrected chi connectivity index (χ2v) is 7.86. The van der Waals surface area contributed by atoms with Gasteiger partial charge in [0.25, 0.3) is 5.91 Å². The van der Waals surface area contributed by atoms with Crippen molar-refractivity contribution in [2.24, 2.45) is 0 Å². The molecule has 2 heterocycles. The normalized spacial score (nSPS) is 11.0. The number of benzene rings is 2. The minimum Gasteiger partial charge on any atom is -0.496 e. The Labute approximate surface area is 180 Å². The van der Waals surface area contributed by atoms with Crippen LogP contribution in [0.15, 0.2) is 48.7 Å². The maximum absolute atomic E-state index is 14.1. The molecule has 0 bridgehead atoms. The third-order valence-electron chi connectivity index (χ3n) is 4.97. The van der Waals surface area contributed by atoms with Crippen LogP contribution in [0.5, 0.6) is 5.75 Å². The molecule has 0 fully saturated rings. The third kappa shape index (κ3) is 3.86. The number of nitrogens with zero attached hydrogens (tertiary/aromatic N) is 1. The predicted octanol–water partition coefficient (Wildman–Crippen LogP) is 5.63. The van der Waals surface area contributed by atoms with E-state index in [-0.39, 0.29) is 21.5 Å². The van der Waals surface area contributed by atoms with Gasteiger partial charge in [-0.1, -0.05) is 6.07 Å². The molecule has 31 heavy (non-hydrogen) atoms. The minimum atomic E-state index is -0.604. The summed E-state index contributed by atoms with van der Waals surface area (Å²) in [6.45, 7) is 1.67. The summed E-state index contributed by atoms with van der Waals surface area (Å²) in [5.74, 6) is -1.70. The van der Waals surface area contributed by atoms with Crippen LogP contribution in [0, 0.1) is 24.5 Å². The number of aryl methyl sites for hydroxylation is 1. The summed E-state index contributed by atoms with van der Waals surface area (Å²) in [7, 11) is 1.49. The van der Waals surface area contributed by atoms with E-state index in [1.807, 2.05) is 0 Å². The lowest BCUT2D eigenvalue weighted by Crippen LogP contribution is -2.22. The highest BCUT2D eigenvalue weighted by atomic mass is 32.1. The number of amides is 1. The van der Waals surface area contributed by atoms with Crippen LogP contribution in [0.1, 0.15) is 20.8 Å². The first-order chi connectivity index (χ1) is 14.9. The van der Waals surface area contributed by atoms with Crippen molar-refractivity contribution in [1.29, 1.82) is 0 Å². The van der Waals surface area contributed by atoms with Gasteiger partial charge in [-0.25, -0.2) is 13.8 Å². The molecule has 2 aromatic heterocycles. The molecule has 0 saturated carbocycles. The van der Waals surface area contributed by atoms with Crippen LogP contribution in [-0.2, 0) is 6.54 Å². The van der Waals surface area contributed by atoms with E-state index in [0.717, 1.165) is 23.5 Å². The molecule has 0 atom stereocenters.